The van der Waals surface area contributed by atoms with Crippen LogP contribution in [0.2, 0.25) is 0 Å². The number of hydrogen-bond acceptors (Lipinski definition) is 6. The van der Waals surface area contributed by atoms with Crippen LogP contribution >= 0.6 is 0 Å². The minimum Gasteiger partial charge on any atom is -0.481 e. The highest BCUT2D eigenvalue weighted by atomic mass is 16.4. The molecule has 1 aromatic carbocycles. The van der Waals surface area contributed by atoms with E-state index < -0.39 is 5.97 Å². The lowest BCUT2D eigenvalue weighted by Gasteiger charge is -2.11. The largest absolute Gasteiger partial charge is 0.481 e. The van der Waals surface area contributed by atoms with Gasteiger partial charge in [0.05, 0.1) is 6.42 Å². The van der Waals surface area contributed by atoms with E-state index >= 15 is 0 Å². The molecule has 9 nitrogen and oxygen atoms in total. The molecule has 9 heteroatoms. The molecule has 0 fully saturated rings. The third kappa shape index (κ3) is 4.85. The van der Waals surface area contributed by atoms with E-state index in [1.54, 1.807) is 24.3 Å². The first-order chi connectivity index (χ1) is 11.1. The average molecular weight is 318 g/mol. The quantitative estimate of drug-likeness (QED) is 0.522. The number of aliphatic carboxylic acids is 1. The molecule has 0 spiro atoms. The van der Waals surface area contributed by atoms with Gasteiger partial charge in [0, 0.05) is 24.6 Å². The van der Waals surface area contributed by atoms with Crippen LogP contribution in [-0.2, 0) is 11.2 Å². The third-order valence-corrected chi connectivity index (χ3v) is 3.28. The van der Waals surface area contributed by atoms with Crippen molar-refractivity contribution in [2.45, 2.75) is 18.8 Å². The molecule has 0 aliphatic rings. The number of carbonyl (C=O) groups excluding carboxylic acids is 1. The summed E-state index contributed by atoms with van der Waals surface area (Å²) in [5.74, 6) is -1.15. The molecular weight excluding hydrogens is 300 g/mol. The first-order valence-corrected chi connectivity index (χ1v) is 7.12. The van der Waals surface area contributed by atoms with Gasteiger partial charge in [-0.15, -0.1) is 10.2 Å². The molecular formula is C14H18N6O3. The Morgan fingerprint density at radius 1 is 1.30 bits per heavy atom. The van der Waals surface area contributed by atoms with Gasteiger partial charge in [-0.25, -0.2) is 0 Å². The Morgan fingerprint density at radius 3 is 2.61 bits per heavy atom. The molecule has 2 rings (SSSR count). The number of nitrogens with one attached hydrogen (secondary N) is 2. The van der Waals surface area contributed by atoms with E-state index in [4.69, 9.17) is 10.8 Å². The summed E-state index contributed by atoms with van der Waals surface area (Å²) in [7, 11) is 0. The maximum atomic E-state index is 11.8. The number of rotatable bonds is 8. The zero-order chi connectivity index (χ0) is 16.7. The van der Waals surface area contributed by atoms with Crippen LogP contribution in [-0.4, -0.2) is 50.7 Å². The van der Waals surface area contributed by atoms with Crippen molar-refractivity contribution in [1.29, 1.82) is 0 Å². The zero-order valence-electron chi connectivity index (χ0n) is 12.4. The predicted molar refractivity (Wildman–Crippen MR) is 80.7 cm³/mol. The van der Waals surface area contributed by atoms with Gasteiger partial charge in [-0.3, -0.25) is 9.59 Å². The maximum Gasteiger partial charge on any atom is 0.304 e. The van der Waals surface area contributed by atoms with Crippen LogP contribution in [0, 0.1) is 0 Å². The Morgan fingerprint density at radius 2 is 2.04 bits per heavy atom. The number of amides is 1. The smallest absolute Gasteiger partial charge is 0.304 e. The van der Waals surface area contributed by atoms with Crippen LogP contribution in [0.4, 0.5) is 0 Å². The number of carboxylic acid groups (broad SMARTS) is 1. The Hall–Kier alpha value is -2.81. The lowest BCUT2D eigenvalue weighted by atomic mass is 9.95. The second-order valence-corrected chi connectivity index (χ2v) is 5.01. The highest BCUT2D eigenvalue weighted by molar-refractivity contribution is 5.94. The molecule has 5 N–H and O–H groups in total. The summed E-state index contributed by atoms with van der Waals surface area (Å²) in [6.07, 6.45) is 0.342. The second-order valence-electron chi connectivity index (χ2n) is 5.01. The number of hydrogen-bond donors (Lipinski definition) is 4. The highest BCUT2D eigenvalue weighted by Crippen LogP contribution is 2.21. The topological polar surface area (TPSA) is 147 Å². The summed E-state index contributed by atoms with van der Waals surface area (Å²) in [6.45, 7) is 0.796. The van der Waals surface area contributed by atoms with Crippen LogP contribution in [0.1, 0.15) is 34.1 Å². The summed E-state index contributed by atoms with van der Waals surface area (Å²) in [5.41, 5.74) is 6.75. The third-order valence-electron chi connectivity index (χ3n) is 3.28. The van der Waals surface area contributed by atoms with Crippen molar-refractivity contribution in [3.05, 3.63) is 41.2 Å². The van der Waals surface area contributed by atoms with Gasteiger partial charge in [0.2, 0.25) is 0 Å². The van der Waals surface area contributed by atoms with Crippen LogP contribution in [0.3, 0.4) is 0 Å². The normalized spacial score (nSPS) is 11.9. The lowest BCUT2D eigenvalue weighted by Crippen LogP contribution is -2.28. The van der Waals surface area contributed by atoms with Crippen molar-refractivity contribution in [2.24, 2.45) is 5.73 Å². The van der Waals surface area contributed by atoms with Gasteiger partial charge < -0.3 is 16.2 Å². The number of carboxylic acids is 1. The molecule has 23 heavy (non-hydrogen) atoms. The van der Waals surface area contributed by atoms with E-state index in [1.165, 1.54) is 0 Å². The van der Waals surface area contributed by atoms with Gasteiger partial charge in [-0.1, -0.05) is 17.3 Å². The molecule has 0 saturated carbocycles. The maximum absolute atomic E-state index is 11.8. The number of nitrogens with zero attached hydrogens (tertiary/aromatic N) is 3. The van der Waals surface area contributed by atoms with Gasteiger partial charge in [0.15, 0.2) is 5.82 Å². The molecule has 0 aliphatic carbocycles. The van der Waals surface area contributed by atoms with Crippen molar-refractivity contribution in [2.75, 3.05) is 13.1 Å². The Kier molecular flexibility index (Phi) is 5.75. The van der Waals surface area contributed by atoms with Gasteiger partial charge in [-0.2, -0.15) is 5.21 Å². The number of aromatic nitrogens is 4. The average Bonchev–Trinajstić information content (AvgIpc) is 3.06. The van der Waals surface area contributed by atoms with Crippen molar-refractivity contribution in [3.63, 3.8) is 0 Å². The first kappa shape index (κ1) is 16.6. The van der Waals surface area contributed by atoms with Crippen LogP contribution in [0.5, 0.6) is 0 Å². The zero-order valence-corrected chi connectivity index (χ0v) is 12.4. The summed E-state index contributed by atoms with van der Waals surface area (Å²) < 4.78 is 0. The standard InChI is InChI=1S/C14H18N6O3/c15-5-6-16-14(23)10-3-1-9(2-4-10)7-11(8-12(21)22)13-17-19-20-18-13/h1-4,11H,5-8,15H2,(H,16,23)(H,21,22)(H,17,18,19,20)/t11-/m0/s1. The van der Waals surface area contributed by atoms with Crippen molar-refractivity contribution in [3.8, 4) is 0 Å². The van der Waals surface area contributed by atoms with Gasteiger partial charge in [0.1, 0.15) is 0 Å². The van der Waals surface area contributed by atoms with Crippen LogP contribution < -0.4 is 11.1 Å². The lowest BCUT2D eigenvalue weighted by molar-refractivity contribution is -0.137. The molecule has 2 aromatic rings. The molecule has 1 aromatic heterocycles. The number of tetrazole rings is 1. The Balaban J connectivity index is 2.05. The Bertz CT molecular complexity index is 641. The fourth-order valence-corrected chi connectivity index (χ4v) is 2.17. The fraction of sp³-hybridized carbons (Fsp3) is 0.357. The molecule has 0 unspecified atom stereocenters. The predicted octanol–water partition coefficient (Wildman–Crippen LogP) is -0.311. The summed E-state index contributed by atoms with van der Waals surface area (Å²) >= 11 is 0. The SMILES string of the molecule is NCCNC(=O)c1ccc(C[C@@H](CC(=O)O)c2nn[nH]n2)cc1. The molecule has 122 valence electrons. The van der Waals surface area contributed by atoms with E-state index in [-0.39, 0.29) is 18.2 Å². The molecule has 1 amide bonds. The second kappa shape index (κ2) is 7.99. The van der Waals surface area contributed by atoms with Crippen LogP contribution in [0.15, 0.2) is 24.3 Å². The molecule has 1 atom stereocenters. The minimum atomic E-state index is -0.933. The number of carbonyl (C=O) groups is 2. The number of benzene rings is 1. The van der Waals surface area contributed by atoms with Crippen molar-refractivity contribution >= 4 is 11.9 Å². The van der Waals surface area contributed by atoms with E-state index in [0.29, 0.717) is 30.9 Å². The molecule has 0 aliphatic heterocycles. The van der Waals surface area contributed by atoms with Crippen molar-refractivity contribution < 1.29 is 14.7 Å². The highest BCUT2D eigenvalue weighted by Gasteiger charge is 2.20. The number of aromatic amines is 1. The van der Waals surface area contributed by atoms with Gasteiger partial charge in [0.25, 0.3) is 5.91 Å². The fourth-order valence-electron chi connectivity index (χ4n) is 2.17. The summed E-state index contributed by atoms with van der Waals surface area (Å²) in [5, 5.41) is 25.2. The summed E-state index contributed by atoms with van der Waals surface area (Å²) in [4.78, 5) is 22.8. The first-order valence-electron chi connectivity index (χ1n) is 7.12. The van der Waals surface area contributed by atoms with Crippen LogP contribution in [0.25, 0.3) is 0 Å². The molecule has 0 bridgehead atoms. The Labute approximate surface area is 132 Å². The van der Waals surface area contributed by atoms with E-state index in [1.807, 2.05) is 0 Å². The summed E-state index contributed by atoms with van der Waals surface area (Å²) in [6, 6.07) is 6.95. The van der Waals surface area contributed by atoms with Gasteiger partial charge in [-0.05, 0) is 24.1 Å². The molecule has 0 radical (unpaired) electrons. The molecule has 0 saturated heterocycles. The molecule has 1 heterocycles. The van der Waals surface area contributed by atoms with Crippen molar-refractivity contribution in [1.82, 2.24) is 25.9 Å². The number of nitrogens with two attached hydrogens (primary N) is 1. The van der Waals surface area contributed by atoms with E-state index in [2.05, 4.69) is 25.9 Å². The van der Waals surface area contributed by atoms with Gasteiger partial charge >= 0.3 is 5.97 Å². The minimum absolute atomic E-state index is 0.0989. The van der Waals surface area contributed by atoms with E-state index in [0.717, 1.165) is 5.56 Å². The monoisotopic (exact) mass is 318 g/mol. The number of H-pyrrole nitrogens is 1. The van der Waals surface area contributed by atoms with E-state index in [9.17, 15) is 9.59 Å².